The predicted octanol–water partition coefficient (Wildman–Crippen LogP) is 1.40. The Morgan fingerprint density at radius 1 is 0.889 bits per heavy atom. The van der Waals surface area contributed by atoms with Gasteiger partial charge in [0, 0.05) is 23.5 Å². The third-order valence-corrected chi connectivity index (χ3v) is 3.61. The smallest absolute Gasteiger partial charge is 0.289 e. The first-order valence-electron chi connectivity index (χ1n) is 5.87. The highest BCUT2D eigenvalue weighted by molar-refractivity contribution is 6.34. The molecule has 2 aromatic heterocycles. The number of imidazole rings is 1. The molecule has 0 unspecified atom stereocenters. The molecule has 0 fully saturated rings. The van der Waals surface area contributed by atoms with Crippen LogP contribution in [-0.4, -0.2) is 31.2 Å². The quantitative estimate of drug-likeness (QED) is 0.697. The highest BCUT2D eigenvalue weighted by Crippen LogP contribution is 2.19. The number of hydrogen-bond acceptors (Lipinski definition) is 2. The first-order valence-corrected chi connectivity index (χ1v) is 6.87. The fraction of sp³-hybridized carbons (Fsp3) is 0. The summed E-state index contributed by atoms with van der Waals surface area (Å²) in [6.07, 6.45) is 3.60. The Labute approximate surface area is 113 Å². The third-order valence-electron chi connectivity index (χ3n) is 2.89. The summed E-state index contributed by atoms with van der Waals surface area (Å²) in [6.45, 7) is 0. The lowest BCUT2D eigenvalue weighted by Crippen LogP contribution is -2.06. The summed E-state index contributed by atoms with van der Waals surface area (Å²) in [5.41, 5.74) is 3.28. The van der Waals surface area contributed by atoms with E-state index >= 15 is 0 Å². The molecule has 86 valence electrons. The Bertz CT molecular complexity index is 647. The van der Waals surface area contributed by atoms with Crippen LogP contribution in [0.15, 0.2) is 54.9 Å². The molecule has 0 aliphatic heterocycles. The zero-order valence-corrected chi connectivity index (χ0v) is 12.1. The van der Waals surface area contributed by atoms with Gasteiger partial charge in [0.1, 0.15) is 5.82 Å². The molecule has 3 aromatic rings. The van der Waals surface area contributed by atoms with Crippen LogP contribution in [0.4, 0.5) is 0 Å². The van der Waals surface area contributed by atoms with E-state index in [-0.39, 0.29) is 0 Å². The second-order valence-electron chi connectivity index (χ2n) is 4.16. The average molecular weight is 249 g/mol. The highest BCUT2D eigenvalue weighted by atomic mass is 27.0. The highest BCUT2D eigenvalue weighted by Gasteiger charge is 2.09. The van der Waals surface area contributed by atoms with E-state index in [1.54, 1.807) is 12.4 Å². The molecular formula is C14H12AlN3. The number of nitrogens with one attached hydrogen (secondary N) is 1. The molecule has 0 saturated heterocycles. The number of H-pyrrole nitrogens is 1. The summed E-state index contributed by atoms with van der Waals surface area (Å²) >= 11 is 0.944. The number of aromatic amines is 1. The number of hydrogen-bond donors (Lipinski definition) is 1. The molecule has 18 heavy (non-hydrogen) atoms. The van der Waals surface area contributed by atoms with E-state index in [2.05, 4.69) is 22.1 Å². The van der Waals surface area contributed by atoms with Crippen molar-refractivity contribution in [3.8, 4) is 22.6 Å². The van der Waals surface area contributed by atoms with Crippen molar-refractivity contribution in [1.82, 2.24) is 15.0 Å². The van der Waals surface area contributed by atoms with Gasteiger partial charge < -0.3 is 4.98 Å². The molecule has 0 spiro atoms. The second-order valence-corrected chi connectivity index (χ2v) is 5.16. The summed E-state index contributed by atoms with van der Waals surface area (Å²) in [7, 11) is 0. The fourth-order valence-corrected chi connectivity index (χ4v) is 2.62. The molecule has 3 nitrogen and oxygen atoms in total. The number of benzene rings is 1. The van der Waals surface area contributed by atoms with Gasteiger partial charge in [-0.3, -0.25) is 4.98 Å². The lowest BCUT2D eigenvalue weighted by Gasteiger charge is -1.96. The Hall–Kier alpha value is -1.89. The van der Waals surface area contributed by atoms with Crippen molar-refractivity contribution < 1.29 is 0 Å². The standard InChI is InChI=1S/C14H10N3.Al.2H/c1-2-4-12(5-3-1)14-16-10-13(17-14)11-6-8-15-9-7-11;;;/h1-9H,(H,16,17);;;. The van der Waals surface area contributed by atoms with E-state index in [1.165, 1.54) is 4.56 Å². The summed E-state index contributed by atoms with van der Waals surface area (Å²) in [4.78, 5) is 12.1. The van der Waals surface area contributed by atoms with Crippen LogP contribution >= 0.6 is 0 Å². The lowest BCUT2D eigenvalue weighted by atomic mass is 10.2. The maximum Gasteiger partial charge on any atom is 0.289 e. The van der Waals surface area contributed by atoms with Crippen LogP contribution < -0.4 is 4.56 Å². The zero-order valence-electron chi connectivity index (χ0n) is 10.1. The summed E-state index contributed by atoms with van der Waals surface area (Å²) in [6, 6.07) is 14.2. The van der Waals surface area contributed by atoms with Crippen LogP contribution in [0.3, 0.4) is 0 Å². The Morgan fingerprint density at radius 2 is 1.61 bits per heavy atom. The van der Waals surface area contributed by atoms with Crippen molar-refractivity contribution in [2.24, 2.45) is 0 Å². The normalized spacial score (nSPS) is 10.4. The zero-order chi connectivity index (χ0) is 12.4. The average Bonchev–Trinajstić information content (AvgIpc) is 2.83. The molecule has 0 aliphatic rings. The second kappa shape index (κ2) is 4.77. The molecule has 0 radical (unpaired) electrons. The van der Waals surface area contributed by atoms with E-state index in [0.29, 0.717) is 0 Å². The van der Waals surface area contributed by atoms with Gasteiger partial charge in [0.25, 0.3) is 16.3 Å². The molecule has 0 bridgehead atoms. The van der Waals surface area contributed by atoms with Crippen molar-refractivity contribution >= 4 is 20.8 Å². The van der Waals surface area contributed by atoms with Crippen LogP contribution in [0.25, 0.3) is 22.6 Å². The van der Waals surface area contributed by atoms with Crippen molar-refractivity contribution in [2.75, 3.05) is 0 Å². The van der Waals surface area contributed by atoms with E-state index in [0.717, 1.165) is 38.9 Å². The van der Waals surface area contributed by atoms with Crippen LogP contribution in [0.5, 0.6) is 0 Å². The number of rotatable bonds is 2. The SMILES string of the molecule is [AlH2][c]1[nH]c(-c2ccccc2)nc1-c1ccncc1. The van der Waals surface area contributed by atoms with E-state index in [1.807, 2.05) is 30.3 Å². The molecule has 4 heteroatoms. The van der Waals surface area contributed by atoms with Gasteiger partial charge in [0.05, 0.1) is 5.69 Å². The van der Waals surface area contributed by atoms with Crippen molar-refractivity contribution in [2.45, 2.75) is 0 Å². The van der Waals surface area contributed by atoms with Crippen LogP contribution in [-0.2, 0) is 0 Å². The first-order chi connectivity index (χ1) is 8.84. The van der Waals surface area contributed by atoms with Crippen LogP contribution in [0.2, 0.25) is 0 Å². The summed E-state index contributed by atoms with van der Waals surface area (Å²) in [5.74, 6) is 0.937. The first kappa shape index (κ1) is 11.2. The molecule has 3 rings (SSSR count). The Kier molecular flexibility index (Phi) is 2.97. The molecule has 0 saturated carbocycles. The van der Waals surface area contributed by atoms with Gasteiger partial charge in [-0.25, -0.2) is 4.98 Å². The predicted molar refractivity (Wildman–Crippen MR) is 75.4 cm³/mol. The molecule has 0 aliphatic carbocycles. The fourth-order valence-electron chi connectivity index (χ4n) is 1.98. The minimum Gasteiger partial charge on any atom is -0.358 e. The number of nitrogens with zero attached hydrogens (tertiary/aromatic N) is 2. The topological polar surface area (TPSA) is 41.6 Å². The van der Waals surface area contributed by atoms with Crippen molar-refractivity contribution in [3.63, 3.8) is 0 Å². The molecule has 0 atom stereocenters. The molecule has 1 aromatic carbocycles. The summed E-state index contributed by atoms with van der Waals surface area (Å²) in [5, 5.41) is 0. The van der Waals surface area contributed by atoms with E-state index < -0.39 is 0 Å². The molecule has 0 amide bonds. The maximum atomic E-state index is 4.70. The minimum absolute atomic E-state index is 0.937. The van der Waals surface area contributed by atoms with Gasteiger partial charge in [-0.2, -0.15) is 0 Å². The molecule has 2 heterocycles. The Balaban J connectivity index is 2.07. The molecule has 1 N–H and O–H groups in total. The van der Waals surface area contributed by atoms with Gasteiger partial charge in [-0.1, -0.05) is 30.3 Å². The monoisotopic (exact) mass is 249 g/mol. The van der Waals surface area contributed by atoms with Crippen LogP contribution in [0, 0.1) is 0 Å². The Morgan fingerprint density at radius 3 is 2.33 bits per heavy atom. The number of aromatic nitrogens is 3. The van der Waals surface area contributed by atoms with Gasteiger partial charge in [-0.05, 0) is 16.7 Å². The minimum atomic E-state index is 0.937. The number of pyridine rings is 1. The molecular weight excluding hydrogens is 237 g/mol. The van der Waals surface area contributed by atoms with E-state index in [4.69, 9.17) is 4.98 Å². The third kappa shape index (κ3) is 2.09. The van der Waals surface area contributed by atoms with Crippen LogP contribution in [0.1, 0.15) is 0 Å². The van der Waals surface area contributed by atoms with Crippen molar-refractivity contribution in [1.29, 1.82) is 0 Å². The van der Waals surface area contributed by atoms with Crippen molar-refractivity contribution in [3.05, 3.63) is 54.9 Å². The van der Waals surface area contributed by atoms with Gasteiger partial charge in [0.2, 0.25) is 0 Å². The van der Waals surface area contributed by atoms with Gasteiger partial charge in [-0.15, -0.1) is 0 Å². The van der Waals surface area contributed by atoms with E-state index in [9.17, 15) is 0 Å². The summed E-state index contributed by atoms with van der Waals surface area (Å²) < 4.78 is 1.21. The largest absolute Gasteiger partial charge is 0.358 e. The van der Waals surface area contributed by atoms with Gasteiger partial charge in [0.15, 0.2) is 0 Å². The maximum absolute atomic E-state index is 4.70. The lowest BCUT2D eigenvalue weighted by molar-refractivity contribution is 1.30. The van der Waals surface area contributed by atoms with Gasteiger partial charge >= 0.3 is 0 Å².